The van der Waals surface area contributed by atoms with Crippen molar-refractivity contribution in [3.63, 3.8) is 0 Å². The van der Waals surface area contributed by atoms with E-state index in [2.05, 4.69) is 29.5 Å². The van der Waals surface area contributed by atoms with E-state index in [1.807, 2.05) is 10.8 Å². The first-order chi connectivity index (χ1) is 13.3. The number of urea groups is 1. The summed E-state index contributed by atoms with van der Waals surface area (Å²) in [4.78, 5) is 30.3. The van der Waals surface area contributed by atoms with Crippen LogP contribution in [0.3, 0.4) is 0 Å². The van der Waals surface area contributed by atoms with Gasteiger partial charge in [0.15, 0.2) is 0 Å². The molecular weight excluding hydrogens is 361 g/mol. The van der Waals surface area contributed by atoms with E-state index in [1.165, 1.54) is 17.0 Å². The zero-order valence-corrected chi connectivity index (χ0v) is 16.8. The summed E-state index contributed by atoms with van der Waals surface area (Å²) < 4.78 is 15.0. The number of carbonyl (C=O) groups excluding carboxylic acids is 2. The fraction of sp³-hybridized carbons (Fsp3) is 0.450. The van der Waals surface area contributed by atoms with Crippen molar-refractivity contribution >= 4 is 11.9 Å². The van der Waals surface area contributed by atoms with Gasteiger partial charge in [-0.05, 0) is 38.0 Å². The van der Waals surface area contributed by atoms with E-state index in [4.69, 9.17) is 0 Å². The van der Waals surface area contributed by atoms with Gasteiger partial charge in [-0.15, -0.1) is 0 Å². The van der Waals surface area contributed by atoms with Crippen molar-refractivity contribution in [2.24, 2.45) is 5.92 Å². The van der Waals surface area contributed by atoms with Crippen LogP contribution in [0.25, 0.3) is 0 Å². The lowest BCUT2D eigenvalue weighted by atomic mass is 9.98. The van der Waals surface area contributed by atoms with Crippen molar-refractivity contribution < 1.29 is 14.0 Å². The number of rotatable bonds is 8. The van der Waals surface area contributed by atoms with E-state index in [1.54, 1.807) is 32.6 Å². The first-order valence-electron chi connectivity index (χ1n) is 9.26. The lowest BCUT2D eigenvalue weighted by molar-refractivity contribution is -0.132. The minimum atomic E-state index is -0.439. The van der Waals surface area contributed by atoms with E-state index < -0.39 is 5.92 Å². The van der Waals surface area contributed by atoms with E-state index >= 15 is 0 Å². The SMILES string of the molecule is CC(C)n1cnc(CNC(=O)NCC(Cc2ccc(F)cc2)C(=O)N(C)C)c1. The fourth-order valence-corrected chi connectivity index (χ4v) is 2.72. The van der Waals surface area contributed by atoms with Crippen LogP contribution in [0.15, 0.2) is 36.8 Å². The van der Waals surface area contributed by atoms with Crippen LogP contribution in [0.2, 0.25) is 0 Å². The molecule has 1 aromatic carbocycles. The van der Waals surface area contributed by atoms with Crippen LogP contribution in [-0.4, -0.2) is 47.0 Å². The highest BCUT2D eigenvalue weighted by Gasteiger charge is 2.21. The van der Waals surface area contributed by atoms with Crippen LogP contribution in [0, 0.1) is 11.7 Å². The number of carbonyl (C=O) groups is 2. The highest BCUT2D eigenvalue weighted by molar-refractivity contribution is 5.80. The Balaban J connectivity index is 1.89. The third-order valence-electron chi connectivity index (χ3n) is 4.38. The molecule has 2 rings (SSSR count). The van der Waals surface area contributed by atoms with Crippen molar-refractivity contribution in [3.05, 3.63) is 53.9 Å². The lowest BCUT2D eigenvalue weighted by Gasteiger charge is -2.21. The van der Waals surface area contributed by atoms with Gasteiger partial charge in [-0.25, -0.2) is 14.2 Å². The van der Waals surface area contributed by atoms with Gasteiger partial charge < -0.3 is 20.1 Å². The second kappa shape index (κ2) is 9.87. The molecule has 1 aromatic heterocycles. The number of imidazole rings is 1. The minimum Gasteiger partial charge on any atom is -0.349 e. The topological polar surface area (TPSA) is 79.3 Å². The van der Waals surface area contributed by atoms with Crippen molar-refractivity contribution in [1.29, 1.82) is 0 Å². The Labute approximate surface area is 164 Å². The molecule has 152 valence electrons. The third-order valence-corrected chi connectivity index (χ3v) is 4.38. The second-order valence-electron chi connectivity index (χ2n) is 7.23. The van der Waals surface area contributed by atoms with Crippen LogP contribution in [-0.2, 0) is 17.8 Å². The molecule has 1 heterocycles. The van der Waals surface area contributed by atoms with E-state index in [-0.39, 0.29) is 24.3 Å². The zero-order chi connectivity index (χ0) is 20.7. The van der Waals surface area contributed by atoms with Crippen molar-refractivity contribution in [1.82, 2.24) is 25.1 Å². The van der Waals surface area contributed by atoms with E-state index in [0.717, 1.165) is 11.3 Å². The van der Waals surface area contributed by atoms with Gasteiger partial charge in [0.1, 0.15) is 5.82 Å². The van der Waals surface area contributed by atoms with Crippen molar-refractivity contribution in [2.45, 2.75) is 32.9 Å². The Morgan fingerprint density at radius 2 is 1.86 bits per heavy atom. The van der Waals surface area contributed by atoms with Crippen LogP contribution in [0.4, 0.5) is 9.18 Å². The largest absolute Gasteiger partial charge is 0.349 e. The quantitative estimate of drug-likeness (QED) is 0.727. The average Bonchev–Trinajstić information content (AvgIpc) is 3.13. The molecule has 0 aliphatic rings. The summed E-state index contributed by atoms with van der Waals surface area (Å²) in [6.07, 6.45) is 4.03. The van der Waals surface area contributed by atoms with Gasteiger partial charge in [0, 0.05) is 32.9 Å². The standard InChI is InChI=1S/C20H28FN5O2/c1-14(2)26-12-18(24-13-26)11-23-20(28)22-10-16(19(27)25(3)4)9-15-5-7-17(21)8-6-15/h5-8,12-14,16H,9-11H2,1-4H3,(H2,22,23,28). The molecule has 7 nitrogen and oxygen atoms in total. The second-order valence-corrected chi connectivity index (χ2v) is 7.23. The summed E-state index contributed by atoms with van der Waals surface area (Å²) in [7, 11) is 3.34. The summed E-state index contributed by atoms with van der Waals surface area (Å²) in [5.41, 5.74) is 1.60. The molecule has 0 aliphatic carbocycles. The molecule has 1 unspecified atom stereocenters. The average molecular weight is 389 g/mol. The Hall–Kier alpha value is -2.90. The lowest BCUT2D eigenvalue weighted by Crippen LogP contribution is -2.43. The number of nitrogens with zero attached hydrogens (tertiary/aromatic N) is 3. The summed E-state index contributed by atoms with van der Waals surface area (Å²) in [5.74, 6) is -0.858. The third kappa shape index (κ3) is 6.37. The molecule has 8 heteroatoms. The predicted octanol–water partition coefficient (Wildman–Crippen LogP) is 2.35. The van der Waals surface area contributed by atoms with Gasteiger partial charge in [-0.2, -0.15) is 0 Å². The Kier molecular flexibility index (Phi) is 7.54. The fourth-order valence-electron chi connectivity index (χ4n) is 2.72. The van der Waals surface area contributed by atoms with Gasteiger partial charge in [-0.1, -0.05) is 12.1 Å². The maximum absolute atomic E-state index is 13.1. The summed E-state index contributed by atoms with van der Waals surface area (Å²) in [6, 6.07) is 5.97. The molecule has 0 aliphatic heterocycles. The Morgan fingerprint density at radius 3 is 2.43 bits per heavy atom. The molecule has 0 spiro atoms. The van der Waals surface area contributed by atoms with Gasteiger partial charge in [0.2, 0.25) is 5.91 Å². The van der Waals surface area contributed by atoms with E-state index in [9.17, 15) is 14.0 Å². The van der Waals surface area contributed by atoms with Gasteiger partial charge >= 0.3 is 6.03 Å². The molecule has 3 amide bonds. The molecule has 0 saturated heterocycles. The number of benzene rings is 1. The minimum absolute atomic E-state index is 0.0969. The molecule has 2 aromatic rings. The van der Waals surface area contributed by atoms with Crippen LogP contribution < -0.4 is 10.6 Å². The molecule has 0 radical (unpaired) electrons. The number of hydrogen-bond donors (Lipinski definition) is 2. The smallest absolute Gasteiger partial charge is 0.315 e. The number of halogens is 1. The molecule has 2 N–H and O–H groups in total. The summed E-state index contributed by atoms with van der Waals surface area (Å²) in [5, 5.41) is 5.49. The van der Waals surface area contributed by atoms with Gasteiger partial charge in [0.25, 0.3) is 0 Å². The molecular formula is C20H28FN5O2. The number of nitrogens with one attached hydrogen (secondary N) is 2. The maximum atomic E-state index is 13.1. The highest BCUT2D eigenvalue weighted by Crippen LogP contribution is 2.12. The normalized spacial score (nSPS) is 11.9. The molecule has 0 bridgehead atoms. The first kappa shape index (κ1) is 21.4. The molecule has 0 saturated carbocycles. The van der Waals surface area contributed by atoms with Gasteiger partial charge in [-0.3, -0.25) is 4.79 Å². The number of aromatic nitrogens is 2. The molecule has 28 heavy (non-hydrogen) atoms. The summed E-state index contributed by atoms with van der Waals surface area (Å²) in [6.45, 7) is 4.58. The van der Waals surface area contributed by atoms with Gasteiger partial charge in [0.05, 0.1) is 24.5 Å². The predicted molar refractivity (Wildman–Crippen MR) is 105 cm³/mol. The number of hydrogen-bond acceptors (Lipinski definition) is 3. The van der Waals surface area contributed by atoms with E-state index in [0.29, 0.717) is 19.0 Å². The zero-order valence-electron chi connectivity index (χ0n) is 16.8. The molecule has 1 atom stereocenters. The van der Waals surface area contributed by atoms with Crippen molar-refractivity contribution in [2.75, 3.05) is 20.6 Å². The number of amides is 3. The van der Waals surface area contributed by atoms with Crippen molar-refractivity contribution in [3.8, 4) is 0 Å². The van der Waals surface area contributed by atoms with Crippen LogP contribution in [0.1, 0.15) is 31.1 Å². The monoisotopic (exact) mass is 389 g/mol. The molecule has 0 fully saturated rings. The van der Waals surface area contributed by atoms with Crippen LogP contribution >= 0.6 is 0 Å². The highest BCUT2D eigenvalue weighted by atomic mass is 19.1. The Morgan fingerprint density at radius 1 is 1.18 bits per heavy atom. The maximum Gasteiger partial charge on any atom is 0.315 e. The van der Waals surface area contributed by atoms with Crippen LogP contribution in [0.5, 0.6) is 0 Å². The summed E-state index contributed by atoms with van der Waals surface area (Å²) >= 11 is 0. The Bertz CT molecular complexity index is 786. The first-order valence-corrected chi connectivity index (χ1v) is 9.26.